The normalized spacial score (nSPS) is 10.2. The Morgan fingerprint density at radius 2 is 1.67 bits per heavy atom. The van der Waals surface area contributed by atoms with Gasteiger partial charge in [-0.05, 0) is 0 Å². The van der Waals surface area contributed by atoms with Crippen molar-refractivity contribution in [1.29, 1.82) is 0 Å². The van der Waals surface area contributed by atoms with Gasteiger partial charge in [0, 0.05) is 21.0 Å². The second-order valence-corrected chi connectivity index (χ2v) is 7.60. The number of nitrogens with one attached hydrogen (secondary N) is 1. The molecule has 8 nitrogen and oxygen atoms in total. The molecule has 0 aliphatic carbocycles. The van der Waals surface area contributed by atoms with Gasteiger partial charge in [0.15, 0.2) is 0 Å². The number of phenols is 1. The maximum atomic E-state index is 11.1. The molecule has 21 heavy (non-hydrogen) atoms. The summed E-state index contributed by atoms with van der Waals surface area (Å²) in [6.07, 6.45) is 0. The van der Waals surface area contributed by atoms with Crippen LogP contribution in [0.15, 0.2) is 18.2 Å². The van der Waals surface area contributed by atoms with Crippen molar-refractivity contribution < 1.29 is 26.6 Å². The molecule has 0 saturated carbocycles. The molecular formula is C12H19AsN2O6. The molecule has 0 fully saturated rings. The number of rotatable bonds is 2. The van der Waals surface area contributed by atoms with Crippen molar-refractivity contribution in [2.75, 3.05) is 19.4 Å². The molecule has 0 aliphatic rings. The first-order valence-corrected chi connectivity index (χ1v) is 9.18. The van der Waals surface area contributed by atoms with Crippen LogP contribution in [-0.2, 0) is 13.3 Å². The number of aromatic hydroxyl groups is 1. The van der Waals surface area contributed by atoms with Crippen molar-refractivity contribution >= 4 is 36.0 Å². The molecule has 0 radical (unpaired) electrons. The predicted molar refractivity (Wildman–Crippen MR) is 77.3 cm³/mol. The molecule has 0 atom stereocenters. The van der Waals surface area contributed by atoms with Crippen molar-refractivity contribution in [2.45, 2.75) is 13.8 Å². The number of hydrogen-bond acceptors (Lipinski definition) is 4. The van der Waals surface area contributed by atoms with Gasteiger partial charge in [0.2, 0.25) is 5.91 Å². The Labute approximate surface area is 125 Å². The molecule has 1 aromatic carbocycles. The Morgan fingerprint density at radius 1 is 1.19 bits per heavy atom. The predicted octanol–water partition coefficient (Wildman–Crippen LogP) is -0.994. The van der Waals surface area contributed by atoms with E-state index in [2.05, 4.69) is 5.32 Å². The van der Waals surface area contributed by atoms with Crippen molar-refractivity contribution in [3.8, 4) is 5.75 Å². The molecular weight excluding hydrogens is 343 g/mol. The van der Waals surface area contributed by atoms with Crippen molar-refractivity contribution in [3.05, 3.63) is 18.2 Å². The number of hydrogen-bond donors (Lipinski definition) is 4. The van der Waals surface area contributed by atoms with Crippen LogP contribution in [0.5, 0.6) is 5.75 Å². The number of nitrogens with zero attached hydrogens (tertiary/aromatic N) is 1. The van der Waals surface area contributed by atoms with Crippen LogP contribution in [0.2, 0.25) is 0 Å². The summed E-state index contributed by atoms with van der Waals surface area (Å²) < 4.78 is 28.8. The van der Waals surface area contributed by atoms with E-state index in [1.165, 1.54) is 36.9 Å². The molecule has 0 bridgehead atoms. The SMILES string of the molecule is CC(=O)N(C)C.CC(=O)Nc1c(O)cccc1[As](=O)(O)O. The summed E-state index contributed by atoms with van der Waals surface area (Å²) in [6, 6.07) is 3.71. The number of amides is 2. The zero-order chi connectivity index (χ0) is 16.8. The number of carbonyl (C=O) groups is 2. The zero-order valence-electron chi connectivity index (χ0n) is 12.2. The fraction of sp³-hybridized carbons (Fsp3) is 0.333. The van der Waals surface area contributed by atoms with Gasteiger partial charge >= 0.3 is 88.1 Å². The van der Waals surface area contributed by atoms with Crippen LogP contribution in [0.4, 0.5) is 5.69 Å². The van der Waals surface area contributed by atoms with Gasteiger partial charge in [-0.1, -0.05) is 0 Å². The van der Waals surface area contributed by atoms with Crippen LogP contribution in [0.25, 0.3) is 0 Å². The molecule has 0 heterocycles. The van der Waals surface area contributed by atoms with Crippen LogP contribution in [0.3, 0.4) is 0 Å². The summed E-state index contributed by atoms with van der Waals surface area (Å²) in [5.74, 6) is -0.788. The van der Waals surface area contributed by atoms with E-state index >= 15 is 0 Å². The number of para-hydroxylation sites is 1. The summed E-state index contributed by atoms with van der Waals surface area (Å²) in [7, 11) is 3.45. The third-order valence-electron chi connectivity index (χ3n) is 2.27. The van der Waals surface area contributed by atoms with Gasteiger partial charge in [-0.25, -0.2) is 0 Å². The minimum atomic E-state index is -5.14. The molecule has 2 amide bonds. The summed E-state index contributed by atoms with van der Waals surface area (Å²) in [6.45, 7) is 2.71. The molecule has 9 heteroatoms. The Kier molecular flexibility index (Phi) is 7.21. The van der Waals surface area contributed by atoms with Crippen molar-refractivity contribution in [3.63, 3.8) is 0 Å². The Balaban J connectivity index is 0.000000567. The van der Waals surface area contributed by atoms with E-state index in [4.69, 9.17) is 8.19 Å². The van der Waals surface area contributed by atoms with Crippen LogP contribution in [-0.4, -0.2) is 58.3 Å². The van der Waals surface area contributed by atoms with Crippen LogP contribution in [0.1, 0.15) is 13.8 Å². The summed E-state index contributed by atoms with van der Waals surface area (Å²) in [5.41, 5.74) is -0.225. The van der Waals surface area contributed by atoms with E-state index in [-0.39, 0.29) is 21.7 Å². The molecule has 0 aromatic heterocycles. The minimum absolute atomic E-state index is 0.0926. The van der Waals surface area contributed by atoms with Crippen LogP contribution >= 0.6 is 0 Å². The summed E-state index contributed by atoms with van der Waals surface area (Å²) in [5, 5.41) is 11.5. The van der Waals surface area contributed by atoms with E-state index in [0.717, 1.165) is 0 Å². The first-order chi connectivity index (χ1) is 9.46. The monoisotopic (exact) mass is 362 g/mol. The average molecular weight is 362 g/mol. The Bertz CT molecular complexity index is 567. The third kappa shape index (κ3) is 6.99. The molecule has 0 unspecified atom stereocenters. The van der Waals surface area contributed by atoms with E-state index in [1.807, 2.05) is 0 Å². The average Bonchev–Trinajstić information content (AvgIpc) is 2.30. The maximum absolute atomic E-state index is 11.1. The van der Waals surface area contributed by atoms with Gasteiger partial charge in [0.25, 0.3) is 0 Å². The third-order valence-corrected chi connectivity index (χ3v) is 4.36. The van der Waals surface area contributed by atoms with Gasteiger partial charge < -0.3 is 4.90 Å². The van der Waals surface area contributed by atoms with E-state index in [0.29, 0.717) is 0 Å². The van der Waals surface area contributed by atoms with Crippen molar-refractivity contribution in [2.24, 2.45) is 0 Å². The van der Waals surface area contributed by atoms with Crippen LogP contribution in [0, 0.1) is 0 Å². The fourth-order valence-electron chi connectivity index (χ4n) is 1.08. The molecule has 0 saturated heterocycles. The first-order valence-electron chi connectivity index (χ1n) is 5.80. The molecule has 1 rings (SSSR count). The summed E-state index contributed by atoms with van der Waals surface area (Å²) >= 11 is -5.14. The van der Waals surface area contributed by atoms with Gasteiger partial charge in [-0.3, -0.25) is 4.79 Å². The standard InChI is InChI=1S/C8H10AsNO5.C4H9NO/c1-5(11)10-8-6(9(13,14)15)3-2-4-7(8)12;1-4(6)5(2)3/h2-4,12H,1H3,(H,10,11)(H2,13,14,15);1-3H3. The molecule has 0 spiro atoms. The van der Waals surface area contributed by atoms with E-state index in [1.54, 1.807) is 14.1 Å². The van der Waals surface area contributed by atoms with Crippen molar-refractivity contribution in [1.82, 2.24) is 4.90 Å². The van der Waals surface area contributed by atoms with Gasteiger partial charge in [-0.2, -0.15) is 0 Å². The van der Waals surface area contributed by atoms with Crippen LogP contribution < -0.4 is 9.67 Å². The zero-order valence-corrected chi connectivity index (χ0v) is 14.1. The fourth-order valence-corrected chi connectivity index (χ4v) is 2.63. The van der Waals surface area contributed by atoms with Gasteiger partial charge in [-0.15, -0.1) is 0 Å². The Hall–Kier alpha value is -1.76. The van der Waals surface area contributed by atoms with Gasteiger partial charge in [0.1, 0.15) is 0 Å². The van der Waals surface area contributed by atoms with E-state index < -0.39 is 20.1 Å². The topological polar surface area (TPSA) is 127 Å². The number of anilines is 1. The summed E-state index contributed by atoms with van der Waals surface area (Å²) in [4.78, 5) is 22.4. The Morgan fingerprint density at radius 3 is 2.00 bits per heavy atom. The second kappa shape index (κ2) is 7.87. The number of phenolic OH excluding ortho intramolecular Hbond substituents is 1. The molecule has 0 aliphatic heterocycles. The molecule has 118 valence electrons. The molecule has 4 N–H and O–H groups in total. The quantitative estimate of drug-likeness (QED) is 0.395. The molecule has 1 aromatic rings. The first kappa shape index (κ1) is 19.2. The second-order valence-electron chi connectivity index (χ2n) is 4.31. The van der Waals surface area contributed by atoms with E-state index in [9.17, 15) is 18.4 Å². The van der Waals surface area contributed by atoms with Gasteiger partial charge in [0.05, 0.1) is 0 Å². The number of carbonyl (C=O) groups excluding carboxylic acids is 2. The number of benzene rings is 1.